The lowest BCUT2D eigenvalue weighted by Crippen LogP contribution is -2.40. The van der Waals surface area contributed by atoms with Crippen LogP contribution in [-0.2, 0) is 4.74 Å². The van der Waals surface area contributed by atoms with Crippen molar-refractivity contribution in [1.82, 2.24) is 4.90 Å². The molecule has 20 heavy (non-hydrogen) atoms. The summed E-state index contributed by atoms with van der Waals surface area (Å²) in [5.41, 5.74) is -0.258. The maximum absolute atomic E-state index is 13.0. The highest BCUT2D eigenvalue weighted by Gasteiger charge is 2.18. The highest BCUT2D eigenvalue weighted by molar-refractivity contribution is 6.00. The van der Waals surface area contributed by atoms with Gasteiger partial charge in [-0.15, -0.1) is 0 Å². The Morgan fingerprint density at radius 1 is 1.50 bits per heavy atom. The Labute approximate surface area is 116 Å². The van der Waals surface area contributed by atoms with Gasteiger partial charge in [0.1, 0.15) is 5.82 Å². The molecule has 0 aromatic heterocycles. The van der Waals surface area contributed by atoms with E-state index in [-0.39, 0.29) is 17.3 Å². The quantitative estimate of drug-likeness (QED) is 0.867. The van der Waals surface area contributed by atoms with Gasteiger partial charge in [-0.2, -0.15) is 0 Å². The molecule has 2 amide bonds. The largest absolute Gasteiger partial charge is 0.478 e. The predicted molar refractivity (Wildman–Crippen MR) is 71.5 cm³/mol. The minimum atomic E-state index is -1.31. The molecule has 0 saturated carbocycles. The first-order valence-corrected chi connectivity index (χ1v) is 5.92. The summed E-state index contributed by atoms with van der Waals surface area (Å²) in [6, 6.07) is 2.47. The summed E-state index contributed by atoms with van der Waals surface area (Å²) in [6.45, 7) is 2.13. The number of amides is 2. The molecule has 110 valence electrons. The van der Waals surface area contributed by atoms with Crippen molar-refractivity contribution < 1.29 is 23.8 Å². The van der Waals surface area contributed by atoms with E-state index in [9.17, 15) is 14.0 Å². The second-order valence-corrected chi connectivity index (χ2v) is 4.34. The molecule has 1 rings (SSSR count). The molecule has 1 aromatic carbocycles. The highest BCUT2D eigenvalue weighted by atomic mass is 19.1. The van der Waals surface area contributed by atoms with Crippen molar-refractivity contribution in [1.29, 1.82) is 0 Å². The van der Waals surface area contributed by atoms with Gasteiger partial charge in [-0.25, -0.2) is 14.0 Å². The third-order valence-corrected chi connectivity index (χ3v) is 2.84. The van der Waals surface area contributed by atoms with Gasteiger partial charge in [0.05, 0.1) is 23.9 Å². The molecule has 1 atom stereocenters. The van der Waals surface area contributed by atoms with Gasteiger partial charge in [-0.3, -0.25) is 0 Å². The summed E-state index contributed by atoms with van der Waals surface area (Å²) in [5, 5.41) is 11.4. The number of carboxylic acid groups (broad SMARTS) is 1. The Morgan fingerprint density at radius 2 is 2.15 bits per heavy atom. The number of hydrogen-bond donors (Lipinski definition) is 2. The van der Waals surface area contributed by atoms with E-state index in [1.807, 2.05) is 0 Å². The van der Waals surface area contributed by atoms with Gasteiger partial charge in [-0.1, -0.05) is 0 Å². The van der Waals surface area contributed by atoms with Crippen LogP contribution in [0.25, 0.3) is 0 Å². The monoisotopic (exact) mass is 284 g/mol. The molecule has 7 heteroatoms. The number of carbonyl (C=O) groups is 2. The van der Waals surface area contributed by atoms with Crippen molar-refractivity contribution >= 4 is 17.7 Å². The van der Waals surface area contributed by atoms with Crippen LogP contribution >= 0.6 is 0 Å². The number of aromatic carboxylic acids is 1. The van der Waals surface area contributed by atoms with Crippen molar-refractivity contribution in [2.24, 2.45) is 0 Å². The van der Waals surface area contributed by atoms with E-state index in [1.165, 1.54) is 18.1 Å². The Morgan fingerprint density at radius 3 is 2.70 bits per heavy atom. The maximum atomic E-state index is 13.0. The number of nitrogens with one attached hydrogen (secondary N) is 1. The molecule has 0 heterocycles. The molecule has 0 spiro atoms. The molecule has 0 radical (unpaired) electrons. The van der Waals surface area contributed by atoms with Crippen LogP contribution in [0.5, 0.6) is 0 Å². The molecular weight excluding hydrogens is 267 g/mol. The standard InChI is InChI=1S/C13H17FN2O4/c1-8(7-20-3)16(2)13(19)15-11-5-4-9(14)6-10(11)12(17)18/h4-6,8H,7H2,1-3H3,(H,15,19)(H,17,18). The van der Waals surface area contributed by atoms with Crippen LogP contribution in [0.1, 0.15) is 17.3 Å². The summed E-state index contributed by atoms with van der Waals surface area (Å²) < 4.78 is 18.0. The zero-order valence-corrected chi connectivity index (χ0v) is 11.5. The molecule has 0 aliphatic heterocycles. The van der Waals surface area contributed by atoms with Crippen LogP contribution in [0.15, 0.2) is 18.2 Å². The van der Waals surface area contributed by atoms with E-state index in [1.54, 1.807) is 14.0 Å². The fraction of sp³-hybridized carbons (Fsp3) is 0.385. The topological polar surface area (TPSA) is 78.9 Å². The SMILES string of the molecule is COCC(C)N(C)C(=O)Nc1ccc(F)cc1C(=O)O. The second-order valence-electron chi connectivity index (χ2n) is 4.34. The molecule has 0 aliphatic carbocycles. The number of urea groups is 1. The van der Waals surface area contributed by atoms with E-state index in [4.69, 9.17) is 9.84 Å². The van der Waals surface area contributed by atoms with Crippen LogP contribution < -0.4 is 5.32 Å². The van der Waals surface area contributed by atoms with Crippen LogP contribution in [0, 0.1) is 5.82 Å². The Bertz CT molecular complexity index is 507. The highest BCUT2D eigenvalue weighted by Crippen LogP contribution is 2.17. The van der Waals surface area contributed by atoms with Crippen molar-refractivity contribution in [2.45, 2.75) is 13.0 Å². The number of hydrogen-bond acceptors (Lipinski definition) is 3. The molecule has 0 bridgehead atoms. The lowest BCUT2D eigenvalue weighted by Gasteiger charge is -2.24. The molecule has 0 saturated heterocycles. The van der Waals surface area contributed by atoms with Gasteiger partial charge in [0.25, 0.3) is 0 Å². The zero-order chi connectivity index (χ0) is 15.3. The first-order valence-electron chi connectivity index (χ1n) is 5.92. The molecule has 0 aliphatic rings. The number of rotatable bonds is 5. The third kappa shape index (κ3) is 3.92. The van der Waals surface area contributed by atoms with Gasteiger partial charge in [0.15, 0.2) is 0 Å². The molecule has 6 nitrogen and oxygen atoms in total. The first-order chi connectivity index (χ1) is 9.36. The molecule has 2 N–H and O–H groups in total. The number of benzene rings is 1. The molecular formula is C13H17FN2O4. The number of anilines is 1. The lowest BCUT2D eigenvalue weighted by atomic mass is 10.1. The van der Waals surface area contributed by atoms with E-state index in [0.717, 1.165) is 12.1 Å². The fourth-order valence-electron chi connectivity index (χ4n) is 1.56. The van der Waals surface area contributed by atoms with Gasteiger partial charge in [0.2, 0.25) is 0 Å². The normalized spacial score (nSPS) is 11.8. The van der Waals surface area contributed by atoms with E-state index < -0.39 is 17.8 Å². The lowest BCUT2D eigenvalue weighted by molar-refractivity contribution is 0.0697. The molecule has 1 aromatic rings. The minimum Gasteiger partial charge on any atom is -0.478 e. The first kappa shape index (κ1) is 15.9. The number of nitrogens with zero attached hydrogens (tertiary/aromatic N) is 1. The van der Waals surface area contributed by atoms with E-state index in [2.05, 4.69) is 5.32 Å². The van der Waals surface area contributed by atoms with Gasteiger partial charge < -0.3 is 20.1 Å². The molecule has 1 unspecified atom stereocenters. The average Bonchev–Trinajstić information content (AvgIpc) is 2.39. The summed E-state index contributed by atoms with van der Waals surface area (Å²) in [4.78, 5) is 24.3. The smallest absolute Gasteiger partial charge is 0.337 e. The third-order valence-electron chi connectivity index (χ3n) is 2.84. The van der Waals surface area contributed by atoms with E-state index in [0.29, 0.717) is 6.61 Å². The summed E-state index contributed by atoms with van der Waals surface area (Å²) in [5.74, 6) is -1.99. The number of likely N-dealkylation sites (N-methyl/N-ethyl adjacent to an activating group) is 1. The van der Waals surface area contributed by atoms with Crippen LogP contribution in [-0.4, -0.2) is 48.8 Å². The van der Waals surface area contributed by atoms with Gasteiger partial charge >= 0.3 is 12.0 Å². The summed E-state index contributed by atoms with van der Waals surface area (Å²) >= 11 is 0. The second kappa shape index (κ2) is 6.85. The van der Waals surface area contributed by atoms with Crippen molar-refractivity contribution in [3.05, 3.63) is 29.6 Å². The predicted octanol–water partition coefficient (Wildman–Crippen LogP) is 2.02. The average molecular weight is 284 g/mol. The Kier molecular flexibility index (Phi) is 5.45. The number of ether oxygens (including phenoxy) is 1. The van der Waals surface area contributed by atoms with Crippen molar-refractivity contribution in [2.75, 3.05) is 26.1 Å². The Hall–Kier alpha value is -2.15. The van der Waals surface area contributed by atoms with Crippen LogP contribution in [0.4, 0.5) is 14.9 Å². The van der Waals surface area contributed by atoms with Crippen molar-refractivity contribution in [3.63, 3.8) is 0 Å². The van der Waals surface area contributed by atoms with Gasteiger partial charge in [-0.05, 0) is 25.1 Å². The number of methoxy groups -OCH3 is 1. The maximum Gasteiger partial charge on any atom is 0.337 e. The Balaban J connectivity index is 2.88. The number of carbonyl (C=O) groups excluding carboxylic acids is 1. The summed E-state index contributed by atoms with van der Waals surface area (Å²) in [6.07, 6.45) is 0. The minimum absolute atomic E-state index is 0.0420. The fourth-order valence-corrected chi connectivity index (χ4v) is 1.56. The van der Waals surface area contributed by atoms with Crippen LogP contribution in [0.3, 0.4) is 0 Å². The molecule has 0 fully saturated rings. The van der Waals surface area contributed by atoms with Gasteiger partial charge in [0, 0.05) is 14.2 Å². The van der Waals surface area contributed by atoms with Crippen LogP contribution in [0.2, 0.25) is 0 Å². The number of carboxylic acids is 1. The van der Waals surface area contributed by atoms with Crippen molar-refractivity contribution in [3.8, 4) is 0 Å². The number of halogens is 1. The zero-order valence-electron chi connectivity index (χ0n) is 11.5. The summed E-state index contributed by atoms with van der Waals surface area (Å²) in [7, 11) is 3.08. The van der Waals surface area contributed by atoms with E-state index >= 15 is 0 Å².